The van der Waals surface area contributed by atoms with Crippen LogP contribution in [0, 0.1) is 12.7 Å². The molecular formula is C16H12FN3O2S. The molecule has 1 aliphatic heterocycles. The van der Waals surface area contributed by atoms with Gasteiger partial charge in [0.15, 0.2) is 5.11 Å². The first-order chi connectivity index (χ1) is 11.0. The fourth-order valence-corrected chi connectivity index (χ4v) is 2.43. The third-order valence-electron chi connectivity index (χ3n) is 3.44. The molecule has 1 aliphatic rings. The van der Waals surface area contributed by atoms with Crippen molar-refractivity contribution in [1.82, 2.24) is 10.4 Å². The number of aryl methyl sites for hydroxylation is 1. The van der Waals surface area contributed by atoms with E-state index in [1.54, 1.807) is 43.3 Å². The first-order valence-corrected chi connectivity index (χ1v) is 7.20. The van der Waals surface area contributed by atoms with Crippen LogP contribution in [-0.2, 0) is 0 Å². The minimum Gasteiger partial charge on any atom is -0.331 e. The Kier molecular flexibility index (Phi) is 3.79. The molecule has 2 aromatic rings. The average molecular weight is 329 g/mol. The van der Waals surface area contributed by atoms with Crippen molar-refractivity contribution in [3.05, 3.63) is 65.0 Å². The second-order valence-corrected chi connectivity index (χ2v) is 5.43. The molecule has 2 N–H and O–H groups in total. The number of imide groups is 1. The Hall–Kier alpha value is -2.80. The number of rotatable bonds is 2. The van der Waals surface area contributed by atoms with Gasteiger partial charge in [0.2, 0.25) is 0 Å². The van der Waals surface area contributed by atoms with Crippen molar-refractivity contribution in [2.24, 2.45) is 0 Å². The van der Waals surface area contributed by atoms with E-state index in [0.29, 0.717) is 22.4 Å². The number of carbonyl (C=O) groups is 2. The van der Waals surface area contributed by atoms with Gasteiger partial charge in [-0.15, -0.1) is 0 Å². The van der Waals surface area contributed by atoms with Crippen LogP contribution in [0.1, 0.15) is 26.3 Å². The van der Waals surface area contributed by atoms with Crippen LogP contribution in [0.4, 0.5) is 10.1 Å². The Morgan fingerprint density at radius 3 is 2.26 bits per heavy atom. The monoisotopic (exact) mass is 329 g/mol. The molecule has 0 spiro atoms. The van der Waals surface area contributed by atoms with Gasteiger partial charge in [-0.1, -0.05) is 18.2 Å². The third kappa shape index (κ3) is 2.78. The lowest BCUT2D eigenvalue weighted by molar-refractivity contribution is 0.0613. The number of fused-ring (bicyclic) bond motifs is 1. The number of hydrogen-bond acceptors (Lipinski definition) is 3. The highest BCUT2D eigenvalue weighted by atomic mass is 32.1. The van der Waals surface area contributed by atoms with Crippen molar-refractivity contribution in [2.75, 3.05) is 5.32 Å². The van der Waals surface area contributed by atoms with Crippen molar-refractivity contribution in [1.29, 1.82) is 0 Å². The highest BCUT2D eigenvalue weighted by Crippen LogP contribution is 2.21. The van der Waals surface area contributed by atoms with Gasteiger partial charge in [0.05, 0.1) is 11.1 Å². The fraction of sp³-hybridized carbons (Fsp3) is 0.0625. The molecule has 0 fully saturated rings. The van der Waals surface area contributed by atoms with Crippen molar-refractivity contribution in [3.8, 4) is 0 Å². The molecule has 0 radical (unpaired) electrons. The average Bonchev–Trinajstić information content (AvgIpc) is 2.76. The zero-order chi connectivity index (χ0) is 16.6. The number of amides is 2. The summed E-state index contributed by atoms with van der Waals surface area (Å²) in [5.41, 5.74) is 4.10. The summed E-state index contributed by atoms with van der Waals surface area (Å²) in [6, 6.07) is 11.0. The Balaban J connectivity index is 1.73. The van der Waals surface area contributed by atoms with Crippen LogP contribution in [0.25, 0.3) is 0 Å². The third-order valence-corrected chi connectivity index (χ3v) is 3.63. The molecule has 0 bridgehead atoms. The van der Waals surface area contributed by atoms with Crippen LogP contribution < -0.4 is 10.7 Å². The maximum absolute atomic E-state index is 13.5. The summed E-state index contributed by atoms with van der Waals surface area (Å²) in [6.45, 7) is 1.65. The highest BCUT2D eigenvalue weighted by Gasteiger charge is 2.35. The number of carbonyl (C=O) groups excluding carboxylic acids is 2. The summed E-state index contributed by atoms with van der Waals surface area (Å²) in [6.07, 6.45) is 0. The molecule has 2 amide bonds. The van der Waals surface area contributed by atoms with E-state index in [4.69, 9.17) is 12.2 Å². The van der Waals surface area contributed by atoms with Gasteiger partial charge in [-0.2, -0.15) is 5.01 Å². The van der Waals surface area contributed by atoms with E-state index in [0.717, 1.165) is 5.01 Å². The van der Waals surface area contributed by atoms with E-state index >= 15 is 0 Å². The maximum atomic E-state index is 13.5. The van der Waals surface area contributed by atoms with Gasteiger partial charge in [0.25, 0.3) is 11.8 Å². The lowest BCUT2D eigenvalue weighted by atomic mass is 10.1. The second-order valence-electron chi connectivity index (χ2n) is 5.02. The largest absolute Gasteiger partial charge is 0.331 e. The topological polar surface area (TPSA) is 61.4 Å². The molecule has 7 heteroatoms. The van der Waals surface area contributed by atoms with Crippen molar-refractivity contribution in [2.45, 2.75) is 6.92 Å². The van der Waals surface area contributed by atoms with Crippen LogP contribution in [0.2, 0.25) is 0 Å². The van der Waals surface area contributed by atoms with E-state index in [1.807, 2.05) is 0 Å². The van der Waals surface area contributed by atoms with Crippen LogP contribution in [-0.4, -0.2) is 21.9 Å². The lowest BCUT2D eigenvalue weighted by Crippen LogP contribution is -2.47. The summed E-state index contributed by atoms with van der Waals surface area (Å²) in [7, 11) is 0. The molecule has 0 unspecified atom stereocenters. The zero-order valence-electron chi connectivity index (χ0n) is 12.1. The number of halogens is 1. The first-order valence-electron chi connectivity index (χ1n) is 6.79. The Morgan fingerprint density at radius 1 is 1.09 bits per heavy atom. The number of thiocarbonyl (C=S) groups is 1. The number of anilines is 1. The summed E-state index contributed by atoms with van der Waals surface area (Å²) >= 11 is 5.07. The molecule has 0 saturated carbocycles. The molecule has 3 rings (SSSR count). The molecule has 116 valence electrons. The smallest absolute Gasteiger partial charge is 0.280 e. The Labute approximate surface area is 137 Å². The quantitative estimate of drug-likeness (QED) is 0.655. The highest BCUT2D eigenvalue weighted by molar-refractivity contribution is 7.80. The Bertz CT molecular complexity index is 803. The molecule has 0 aromatic heterocycles. The van der Waals surface area contributed by atoms with E-state index in [1.165, 1.54) is 6.07 Å². The van der Waals surface area contributed by atoms with E-state index in [-0.39, 0.29) is 10.9 Å². The van der Waals surface area contributed by atoms with Crippen molar-refractivity contribution < 1.29 is 14.0 Å². The standard InChI is InChI=1S/C16H12FN3O2S/c1-9-6-7-10(8-13(9)17)18-16(23)19-20-14(21)11-4-2-3-5-12(11)15(20)22/h2-8H,1H3,(H2,18,19,23). The van der Waals surface area contributed by atoms with Crippen LogP contribution in [0.15, 0.2) is 42.5 Å². The molecule has 5 nitrogen and oxygen atoms in total. The van der Waals surface area contributed by atoms with Gasteiger partial charge in [-0.3, -0.25) is 15.0 Å². The van der Waals surface area contributed by atoms with E-state index in [9.17, 15) is 14.0 Å². The van der Waals surface area contributed by atoms with Crippen LogP contribution >= 0.6 is 12.2 Å². The summed E-state index contributed by atoms with van der Waals surface area (Å²) < 4.78 is 13.5. The predicted molar refractivity (Wildman–Crippen MR) is 87.4 cm³/mol. The van der Waals surface area contributed by atoms with Gasteiger partial charge in [-0.25, -0.2) is 4.39 Å². The Morgan fingerprint density at radius 2 is 1.70 bits per heavy atom. The summed E-state index contributed by atoms with van der Waals surface area (Å²) in [4.78, 5) is 24.4. The minimum absolute atomic E-state index is 0.0164. The maximum Gasteiger partial charge on any atom is 0.280 e. The molecule has 0 aliphatic carbocycles. The molecule has 23 heavy (non-hydrogen) atoms. The van der Waals surface area contributed by atoms with Gasteiger partial charge in [0.1, 0.15) is 5.82 Å². The minimum atomic E-state index is -0.482. The number of nitrogens with zero attached hydrogens (tertiary/aromatic N) is 1. The molecule has 0 saturated heterocycles. The van der Waals surface area contributed by atoms with Crippen LogP contribution in [0.3, 0.4) is 0 Å². The number of nitrogens with one attached hydrogen (secondary N) is 2. The molecule has 2 aromatic carbocycles. The van der Waals surface area contributed by atoms with Gasteiger partial charge in [-0.05, 0) is 49.0 Å². The molecule has 0 atom stereocenters. The SMILES string of the molecule is Cc1ccc(NC(=S)NN2C(=O)c3ccccc3C2=O)cc1F. The van der Waals surface area contributed by atoms with Gasteiger partial charge in [0, 0.05) is 5.69 Å². The fourth-order valence-electron chi connectivity index (χ4n) is 2.22. The van der Waals surface area contributed by atoms with Crippen LogP contribution in [0.5, 0.6) is 0 Å². The first kappa shape index (κ1) is 15.1. The number of hydrogen-bond donors (Lipinski definition) is 2. The number of benzene rings is 2. The molecule has 1 heterocycles. The summed E-state index contributed by atoms with van der Waals surface area (Å²) in [5, 5.41) is 3.59. The van der Waals surface area contributed by atoms with E-state index in [2.05, 4.69) is 10.7 Å². The second kappa shape index (κ2) is 5.77. The normalized spacial score (nSPS) is 13.0. The lowest BCUT2D eigenvalue weighted by Gasteiger charge is -2.18. The van der Waals surface area contributed by atoms with Crippen molar-refractivity contribution in [3.63, 3.8) is 0 Å². The predicted octanol–water partition coefficient (Wildman–Crippen LogP) is 2.63. The summed E-state index contributed by atoms with van der Waals surface area (Å²) in [5.74, 6) is -1.34. The van der Waals surface area contributed by atoms with E-state index < -0.39 is 11.8 Å². The van der Waals surface area contributed by atoms with Crippen molar-refractivity contribution >= 4 is 34.8 Å². The number of hydrazine groups is 1. The molecular weight excluding hydrogens is 317 g/mol. The van der Waals surface area contributed by atoms with Gasteiger partial charge < -0.3 is 5.32 Å². The van der Waals surface area contributed by atoms with Gasteiger partial charge >= 0.3 is 0 Å². The zero-order valence-corrected chi connectivity index (χ0v) is 12.9.